The molecule has 1 amide bonds. The Labute approximate surface area is 135 Å². The number of ether oxygens (including phenoxy) is 1. The fourth-order valence-corrected chi connectivity index (χ4v) is 2.98. The first-order valence-electron chi connectivity index (χ1n) is 7.87. The zero-order chi connectivity index (χ0) is 16.2. The van der Waals surface area contributed by atoms with Crippen LogP contribution in [0.25, 0.3) is 0 Å². The fraction of sp³-hybridized carbons (Fsp3) is 0.471. The van der Waals surface area contributed by atoms with Crippen LogP contribution in [0.2, 0.25) is 0 Å². The van der Waals surface area contributed by atoms with Gasteiger partial charge in [-0.15, -0.1) is 0 Å². The Morgan fingerprint density at radius 1 is 1.43 bits per heavy atom. The lowest BCUT2D eigenvalue weighted by Crippen LogP contribution is -2.28. The van der Waals surface area contributed by atoms with Crippen molar-refractivity contribution >= 4 is 5.91 Å². The Bertz CT molecular complexity index is 683. The van der Waals surface area contributed by atoms with Crippen molar-refractivity contribution in [1.82, 2.24) is 15.0 Å². The van der Waals surface area contributed by atoms with E-state index in [0.29, 0.717) is 31.1 Å². The summed E-state index contributed by atoms with van der Waals surface area (Å²) in [5.41, 5.74) is 1.06. The van der Waals surface area contributed by atoms with Gasteiger partial charge in [0.2, 0.25) is 11.8 Å². The van der Waals surface area contributed by atoms with E-state index in [1.165, 1.54) is 0 Å². The van der Waals surface area contributed by atoms with E-state index < -0.39 is 0 Å². The summed E-state index contributed by atoms with van der Waals surface area (Å²) in [7, 11) is 1.65. The van der Waals surface area contributed by atoms with Crippen LogP contribution in [-0.4, -0.2) is 41.1 Å². The number of hydrogen-bond acceptors (Lipinski definition) is 5. The monoisotopic (exact) mass is 315 g/mol. The molecule has 3 rings (SSSR count). The average molecular weight is 315 g/mol. The molecule has 1 atom stereocenters. The minimum atomic E-state index is 0.159. The molecular formula is C17H21N3O3. The first-order chi connectivity index (χ1) is 11.2. The van der Waals surface area contributed by atoms with Crippen molar-refractivity contribution in [3.63, 3.8) is 0 Å². The van der Waals surface area contributed by atoms with Crippen LogP contribution in [0, 0.1) is 6.92 Å². The van der Waals surface area contributed by atoms with Crippen LogP contribution in [0.3, 0.4) is 0 Å². The lowest BCUT2D eigenvalue weighted by Gasteiger charge is -2.16. The maximum atomic E-state index is 12.4. The van der Waals surface area contributed by atoms with Crippen LogP contribution in [0.1, 0.15) is 36.0 Å². The van der Waals surface area contributed by atoms with Gasteiger partial charge in [-0.25, -0.2) is 0 Å². The predicted molar refractivity (Wildman–Crippen MR) is 84.3 cm³/mol. The number of carbonyl (C=O) groups is 1. The first kappa shape index (κ1) is 15.5. The summed E-state index contributed by atoms with van der Waals surface area (Å²) in [5.74, 6) is 2.44. The van der Waals surface area contributed by atoms with E-state index in [4.69, 9.17) is 9.26 Å². The van der Waals surface area contributed by atoms with Gasteiger partial charge in [0.1, 0.15) is 5.75 Å². The van der Waals surface area contributed by atoms with E-state index in [1.807, 2.05) is 29.2 Å². The Morgan fingerprint density at radius 2 is 2.26 bits per heavy atom. The largest absolute Gasteiger partial charge is 0.496 e. The Kier molecular flexibility index (Phi) is 4.60. The number of para-hydroxylation sites is 1. The highest BCUT2D eigenvalue weighted by atomic mass is 16.5. The number of methoxy groups -OCH3 is 1. The zero-order valence-corrected chi connectivity index (χ0v) is 13.5. The number of hydrogen-bond donors (Lipinski definition) is 0. The van der Waals surface area contributed by atoms with Gasteiger partial charge < -0.3 is 14.2 Å². The minimum absolute atomic E-state index is 0.159. The topological polar surface area (TPSA) is 68.5 Å². The molecule has 1 fully saturated rings. The van der Waals surface area contributed by atoms with Gasteiger partial charge in [-0.2, -0.15) is 4.98 Å². The molecule has 2 heterocycles. The highest BCUT2D eigenvalue weighted by Crippen LogP contribution is 2.27. The number of rotatable bonds is 5. The lowest BCUT2D eigenvalue weighted by molar-refractivity contribution is -0.130. The van der Waals surface area contributed by atoms with Crippen molar-refractivity contribution < 1.29 is 14.1 Å². The number of nitrogens with zero attached hydrogens (tertiary/aromatic N) is 3. The zero-order valence-electron chi connectivity index (χ0n) is 13.5. The molecule has 1 aromatic heterocycles. The maximum Gasteiger partial charge on any atom is 0.231 e. The molecule has 6 heteroatoms. The van der Waals surface area contributed by atoms with E-state index >= 15 is 0 Å². The maximum absolute atomic E-state index is 12.4. The number of amides is 1. The van der Waals surface area contributed by atoms with Gasteiger partial charge in [0.05, 0.1) is 13.0 Å². The van der Waals surface area contributed by atoms with Crippen molar-refractivity contribution in [3.8, 4) is 5.75 Å². The van der Waals surface area contributed by atoms with Crippen molar-refractivity contribution in [3.05, 3.63) is 41.5 Å². The van der Waals surface area contributed by atoms with Crippen molar-refractivity contribution in [2.75, 3.05) is 20.2 Å². The molecule has 0 aliphatic carbocycles. The number of likely N-dealkylation sites (tertiary alicyclic amines) is 1. The second kappa shape index (κ2) is 6.81. The predicted octanol–water partition coefficient (Wildman–Crippen LogP) is 2.34. The Balaban J connectivity index is 1.55. The number of aryl methyl sites for hydroxylation is 2. The molecule has 1 saturated heterocycles. The molecular weight excluding hydrogens is 294 g/mol. The summed E-state index contributed by atoms with van der Waals surface area (Å²) in [6.07, 6.45) is 2.04. The Morgan fingerprint density at radius 3 is 3.00 bits per heavy atom. The standard InChI is InChI=1S/C17H21N3O3/c1-12-18-17(23-19-12)14-9-10-20(11-14)16(21)8-7-13-5-3-4-6-15(13)22-2/h3-6,14H,7-11H2,1-2H3. The summed E-state index contributed by atoms with van der Waals surface area (Å²) < 4.78 is 10.5. The van der Waals surface area contributed by atoms with E-state index in [2.05, 4.69) is 10.1 Å². The van der Waals surface area contributed by atoms with E-state index in [9.17, 15) is 4.79 Å². The summed E-state index contributed by atoms with van der Waals surface area (Å²) in [5, 5.41) is 3.82. The highest BCUT2D eigenvalue weighted by Gasteiger charge is 2.30. The highest BCUT2D eigenvalue weighted by molar-refractivity contribution is 5.77. The molecule has 2 aromatic rings. The third-order valence-electron chi connectivity index (χ3n) is 4.23. The summed E-state index contributed by atoms with van der Waals surface area (Å²) in [6, 6.07) is 7.82. The quantitative estimate of drug-likeness (QED) is 0.847. The minimum Gasteiger partial charge on any atom is -0.496 e. The molecule has 0 spiro atoms. The molecule has 1 unspecified atom stereocenters. The molecule has 1 aliphatic heterocycles. The van der Waals surface area contributed by atoms with Gasteiger partial charge in [0, 0.05) is 19.5 Å². The van der Waals surface area contributed by atoms with Crippen molar-refractivity contribution in [2.24, 2.45) is 0 Å². The summed E-state index contributed by atoms with van der Waals surface area (Å²) >= 11 is 0. The van der Waals surface area contributed by atoms with Gasteiger partial charge in [0.25, 0.3) is 0 Å². The van der Waals surface area contributed by atoms with Crippen LogP contribution in [0.15, 0.2) is 28.8 Å². The summed E-state index contributed by atoms with van der Waals surface area (Å²) in [6.45, 7) is 3.21. The molecule has 0 saturated carbocycles. The Hall–Kier alpha value is -2.37. The number of aromatic nitrogens is 2. The van der Waals surface area contributed by atoms with E-state index in [-0.39, 0.29) is 11.8 Å². The fourth-order valence-electron chi connectivity index (χ4n) is 2.98. The summed E-state index contributed by atoms with van der Waals surface area (Å²) in [4.78, 5) is 18.6. The molecule has 23 heavy (non-hydrogen) atoms. The molecule has 0 N–H and O–H groups in total. The van der Waals surface area contributed by atoms with Gasteiger partial charge >= 0.3 is 0 Å². The molecule has 1 aromatic carbocycles. The molecule has 1 aliphatic rings. The van der Waals surface area contributed by atoms with E-state index in [1.54, 1.807) is 14.0 Å². The van der Waals surface area contributed by atoms with Crippen LogP contribution >= 0.6 is 0 Å². The van der Waals surface area contributed by atoms with Crippen LogP contribution in [0.5, 0.6) is 5.75 Å². The van der Waals surface area contributed by atoms with Gasteiger partial charge in [0.15, 0.2) is 5.82 Å². The van der Waals surface area contributed by atoms with Gasteiger partial charge in [-0.05, 0) is 31.4 Å². The van der Waals surface area contributed by atoms with E-state index in [0.717, 1.165) is 24.3 Å². The lowest BCUT2D eigenvalue weighted by atomic mass is 10.1. The second-order valence-electron chi connectivity index (χ2n) is 5.82. The van der Waals surface area contributed by atoms with Crippen molar-refractivity contribution in [1.29, 1.82) is 0 Å². The average Bonchev–Trinajstić information content (AvgIpc) is 3.21. The molecule has 0 bridgehead atoms. The van der Waals surface area contributed by atoms with Gasteiger partial charge in [-0.3, -0.25) is 4.79 Å². The van der Waals surface area contributed by atoms with Gasteiger partial charge in [-0.1, -0.05) is 23.4 Å². The third-order valence-corrected chi connectivity index (χ3v) is 4.23. The van der Waals surface area contributed by atoms with Crippen LogP contribution < -0.4 is 4.74 Å². The smallest absolute Gasteiger partial charge is 0.231 e. The molecule has 6 nitrogen and oxygen atoms in total. The normalized spacial score (nSPS) is 17.5. The second-order valence-corrected chi connectivity index (χ2v) is 5.82. The van der Waals surface area contributed by atoms with Crippen molar-refractivity contribution in [2.45, 2.75) is 32.1 Å². The molecule has 122 valence electrons. The number of carbonyl (C=O) groups excluding carboxylic acids is 1. The van der Waals surface area contributed by atoms with Crippen LogP contribution in [0.4, 0.5) is 0 Å². The van der Waals surface area contributed by atoms with Crippen LogP contribution in [-0.2, 0) is 11.2 Å². The molecule has 0 radical (unpaired) electrons. The first-order valence-corrected chi connectivity index (χ1v) is 7.87. The third kappa shape index (κ3) is 3.52. The SMILES string of the molecule is COc1ccccc1CCC(=O)N1CCC(c2nc(C)no2)C1. The number of benzene rings is 1.